The molecule has 0 aliphatic carbocycles. The third-order valence-electron chi connectivity index (χ3n) is 6.43. The minimum atomic E-state index is -0.889. The maximum absolute atomic E-state index is 13.5. The highest BCUT2D eigenvalue weighted by molar-refractivity contribution is 6.51. The molecule has 1 aliphatic rings. The van der Waals surface area contributed by atoms with Gasteiger partial charge in [0, 0.05) is 31.5 Å². The molecule has 8 heteroatoms. The molecule has 1 heterocycles. The Kier molecular flexibility index (Phi) is 7.11. The quantitative estimate of drug-likeness (QED) is 0.284. The smallest absolute Gasteiger partial charge is 0.300 e. The molecule has 1 N–H and O–H groups in total. The second-order valence-electron chi connectivity index (χ2n) is 8.90. The van der Waals surface area contributed by atoms with Crippen LogP contribution in [0.2, 0.25) is 0 Å². The topological polar surface area (TPSA) is 88.5 Å². The van der Waals surface area contributed by atoms with E-state index >= 15 is 0 Å². The Labute approximate surface area is 216 Å². The van der Waals surface area contributed by atoms with Gasteiger partial charge in [0.25, 0.3) is 11.7 Å². The molecule has 37 heavy (non-hydrogen) atoms. The first-order valence-electron chi connectivity index (χ1n) is 11.7. The van der Waals surface area contributed by atoms with E-state index in [1.807, 2.05) is 56.3 Å². The standard InChI is InChI=1S/C29H30N2O6/c1-17-7-13-22(35-4)21(15-17)27(32)25-26(18-8-10-19(11-9-18)30(2)3)31(29(34)28(25)33)20-12-14-23(36-5)24(16-20)37-6/h7-16,26,32H,1-6H3/b27-25+. The van der Waals surface area contributed by atoms with Crippen molar-refractivity contribution < 1.29 is 28.9 Å². The van der Waals surface area contributed by atoms with Crippen LogP contribution in [0.1, 0.15) is 22.7 Å². The van der Waals surface area contributed by atoms with E-state index in [0.29, 0.717) is 34.1 Å². The van der Waals surface area contributed by atoms with Crippen LogP contribution >= 0.6 is 0 Å². The molecular weight excluding hydrogens is 472 g/mol. The van der Waals surface area contributed by atoms with Gasteiger partial charge in [-0.2, -0.15) is 0 Å². The van der Waals surface area contributed by atoms with Crippen molar-refractivity contribution in [3.05, 3.63) is 82.9 Å². The lowest BCUT2D eigenvalue weighted by atomic mass is 9.94. The number of aryl methyl sites for hydroxylation is 1. The number of ether oxygens (including phenoxy) is 3. The fourth-order valence-corrected chi connectivity index (χ4v) is 4.50. The maximum atomic E-state index is 13.5. The highest BCUT2D eigenvalue weighted by Gasteiger charge is 2.47. The summed E-state index contributed by atoms with van der Waals surface area (Å²) < 4.78 is 16.2. The Morgan fingerprint density at radius 2 is 1.46 bits per heavy atom. The lowest BCUT2D eigenvalue weighted by Gasteiger charge is -2.26. The molecule has 1 amide bonds. The van der Waals surface area contributed by atoms with Crippen LogP contribution in [0.5, 0.6) is 17.2 Å². The normalized spacial score (nSPS) is 16.6. The zero-order chi connectivity index (χ0) is 26.9. The fraction of sp³-hybridized carbons (Fsp3) is 0.241. The number of hydrogen-bond acceptors (Lipinski definition) is 7. The Hall–Kier alpha value is -4.46. The van der Waals surface area contributed by atoms with Crippen molar-refractivity contribution in [2.24, 2.45) is 0 Å². The summed E-state index contributed by atoms with van der Waals surface area (Å²) in [6.07, 6.45) is 0. The molecular formula is C29H30N2O6. The first-order valence-corrected chi connectivity index (χ1v) is 11.7. The molecule has 0 radical (unpaired) electrons. The van der Waals surface area contributed by atoms with E-state index in [0.717, 1.165) is 11.3 Å². The lowest BCUT2D eigenvalue weighted by molar-refractivity contribution is -0.132. The van der Waals surface area contributed by atoms with Crippen LogP contribution in [-0.4, -0.2) is 52.2 Å². The molecule has 1 fully saturated rings. The molecule has 192 valence electrons. The molecule has 1 unspecified atom stereocenters. The van der Waals surface area contributed by atoms with Gasteiger partial charge in [-0.3, -0.25) is 14.5 Å². The van der Waals surface area contributed by atoms with Crippen molar-refractivity contribution in [1.29, 1.82) is 0 Å². The Bertz CT molecular complexity index is 1380. The first-order chi connectivity index (χ1) is 17.7. The van der Waals surface area contributed by atoms with Gasteiger partial charge in [-0.15, -0.1) is 0 Å². The van der Waals surface area contributed by atoms with Crippen LogP contribution < -0.4 is 24.0 Å². The molecule has 0 aromatic heterocycles. The van der Waals surface area contributed by atoms with Crippen LogP contribution in [0, 0.1) is 6.92 Å². The number of rotatable bonds is 7. The van der Waals surface area contributed by atoms with E-state index in [1.54, 1.807) is 30.3 Å². The molecule has 4 rings (SSSR count). The van der Waals surface area contributed by atoms with Gasteiger partial charge in [-0.05, 0) is 48.9 Å². The van der Waals surface area contributed by atoms with Crippen molar-refractivity contribution >= 4 is 28.8 Å². The molecule has 3 aromatic rings. The molecule has 3 aromatic carbocycles. The number of methoxy groups -OCH3 is 3. The summed E-state index contributed by atoms with van der Waals surface area (Å²) in [5.74, 6) is -0.575. The monoisotopic (exact) mass is 502 g/mol. The molecule has 1 saturated heterocycles. The number of anilines is 2. The van der Waals surface area contributed by atoms with Crippen LogP contribution in [0.3, 0.4) is 0 Å². The van der Waals surface area contributed by atoms with Crippen LogP contribution in [0.4, 0.5) is 11.4 Å². The number of carbonyl (C=O) groups excluding carboxylic acids is 2. The van der Waals surface area contributed by atoms with E-state index in [2.05, 4.69) is 0 Å². The van der Waals surface area contributed by atoms with Crippen molar-refractivity contribution in [3.8, 4) is 17.2 Å². The number of ketones is 1. The van der Waals surface area contributed by atoms with Gasteiger partial charge in [0.2, 0.25) is 0 Å². The summed E-state index contributed by atoms with van der Waals surface area (Å²) in [7, 11) is 8.35. The largest absolute Gasteiger partial charge is 0.507 e. The molecule has 0 saturated carbocycles. The van der Waals surface area contributed by atoms with E-state index < -0.39 is 17.7 Å². The van der Waals surface area contributed by atoms with Gasteiger partial charge in [0.15, 0.2) is 11.5 Å². The molecule has 1 atom stereocenters. The van der Waals surface area contributed by atoms with Crippen LogP contribution in [-0.2, 0) is 9.59 Å². The highest BCUT2D eigenvalue weighted by Crippen LogP contribution is 2.45. The van der Waals surface area contributed by atoms with Crippen molar-refractivity contribution in [2.45, 2.75) is 13.0 Å². The number of aliphatic hydroxyl groups is 1. The predicted molar refractivity (Wildman–Crippen MR) is 143 cm³/mol. The Morgan fingerprint density at radius 1 is 0.838 bits per heavy atom. The summed E-state index contributed by atoms with van der Waals surface area (Å²) in [4.78, 5) is 30.3. The van der Waals surface area contributed by atoms with E-state index in [-0.39, 0.29) is 11.3 Å². The third kappa shape index (κ3) is 4.58. The summed E-state index contributed by atoms with van der Waals surface area (Å²) >= 11 is 0. The van der Waals surface area contributed by atoms with Crippen molar-refractivity contribution in [1.82, 2.24) is 0 Å². The van der Waals surface area contributed by atoms with Gasteiger partial charge in [-0.1, -0.05) is 23.8 Å². The van der Waals surface area contributed by atoms with Crippen LogP contribution in [0.15, 0.2) is 66.2 Å². The average Bonchev–Trinajstić information content (AvgIpc) is 3.17. The Balaban J connectivity index is 1.98. The van der Waals surface area contributed by atoms with E-state index in [1.165, 1.54) is 26.2 Å². The summed E-state index contributed by atoms with van der Waals surface area (Å²) in [6.45, 7) is 1.87. The van der Waals surface area contributed by atoms with Gasteiger partial charge in [0.05, 0.1) is 38.5 Å². The van der Waals surface area contributed by atoms with E-state index in [9.17, 15) is 14.7 Å². The van der Waals surface area contributed by atoms with Gasteiger partial charge < -0.3 is 24.2 Å². The number of aliphatic hydroxyl groups excluding tert-OH is 1. The highest BCUT2D eigenvalue weighted by atomic mass is 16.5. The number of Topliss-reactive ketones (excluding diaryl/α,β-unsaturated/α-hetero) is 1. The second kappa shape index (κ2) is 10.3. The average molecular weight is 503 g/mol. The van der Waals surface area contributed by atoms with Gasteiger partial charge in [0.1, 0.15) is 11.5 Å². The molecule has 0 bridgehead atoms. The lowest BCUT2D eigenvalue weighted by Crippen LogP contribution is -2.29. The minimum absolute atomic E-state index is 0.0266. The summed E-state index contributed by atoms with van der Waals surface area (Å²) in [6, 6.07) is 16.9. The minimum Gasteiger partial charge on any atom is -0.507 e. The first kappa shape index (κ1) is 25.6. The summed E-state index contributed by atoms with van der Waals surface area (Å²) in [5.41, 5.74) is 3.21. The number of amides is 1. The second-order valence-corrected chi connectivity index (χ2v) is 8.90. The van der Waals surface area contributed by atoms with Crippen molar-refractivity contribution in [2.75, 3.05) is 45.2 Å². The van der Waals surface area contributed by atoms with E-state index in [4.69, 9.17) is 14.2 Å². The third-order valence-corrected chi connectivity index (χ3v) is 6.43. The van der Waals surface area contributed by atoms with Crippen molar-refractivity contribution in [3.63, 3.8) is 0 Å². The van der Waals surface area contributed by atoms with Gasteiger partial charge in [-0.25, -0.2) is 0 Å². The Morgan fingerprint density at radius 3 is 2.05 bits per heavy atom. The fourth-order valence-electron chi connectivity index (χ4n) is 4.50. The zero-order valence-corrected chi connectivity index (χ0v) is 21.7. The predicted octanol–water partition coefficient (Wildman–Crippen LogP) is 4.71. The molecule has 0 spiro atoms. The maximum Gasteiger partial charge on any atom is 0.300 e. The summed E-state index contributed by atoms with van der Waals surface area (Å²) in [5, 5.41) is 11.5. The van der Waals surface area contributed by atoms with Gasteiger partial charge >= 0.3 is 0 Å². The zero-order valence-electron chi connectivity index (χ0n) is 21.7. The molecule has 8 nitrogen and oxygen atoms in total. The number of carbonyl (C=O) groups is 2. The SMILES string of the molecule is COc1ccc(N2C(=O)C(=O)/C(=C(/O)c3cc(C)ccc3OC)C2c2ccc(N(C)C)cc2)cc1OC. The van der Waals surface area contributed by atoms with Crippen LogP contribution in [0.25, 0.3) is 5.76 Å². The number of hydrogen-bond donors (Lipinski definition) is 1. The molecule has 1 aliphatic heterocycles. The number of nitrogens with zero attached hydrogens (tertiary/aromatic N) is 2. The number of benzene rings is 3.